The number of benzene rings is 1. The first-order valence-corrected chi connectivity index (χ1v) is 8.70. The standard InChI is InChI=1S/C19H23N3O5/c1-26-12-19(18(24)25)8-3-9-22(11-19)17(23)16-10-15(20-21-16)13-4-6-14(27-2)7-5-13/h4-7,10H,3,8-9,11-12H2,1-2H3,(H,20,21)(H,24,25). The van der Waals surface area contributed by atoms with Crippen LogP contribution in [-0.4, -0.2) is 66.0 Å². The third-order valence-corrected chi connectivity index (χ3v) is 4.93. The molecule has 0 aliphatic carbocycles. The second-order valence-corrected chi connectivity index (χ2v) is 6.74. The molecular weight excluding hydrogens is 350 g/mol. The number of aromatic amines is 1. The Kier molecular flexibility index (Phi) is 5.46. The molecule has 1 fully saturated rings. The lowest BCUT2D eigenvalue weighted by molar-refractivity contribution is -0.155. The number of ether oxygens (including phenoxy) is 2. The van der Waals surface area contributed by atoms with E-state index >= 15 is 0 Å². The van der Waals surface area contributed by atoms with E-state index in [0.29, 0.717) is 30.8 Å². The summed E-state index contributed by atoms with van der Waals surface area (Å²) in [6.07, 6.45) is 1.10. The first-order chi connectivity index (χ1) is 13.0. The van der Waals surface area contributed by atoms with Gasteiger partial charge in [-0.05, 0) is 43.2 Å². The summed E-state index contributed by atoms with van der Waals surface area (Å²) in [6.45, 7) is 0.701. The number of carbonyl (C=O) groups excluding carboxylic acids is 1. The largest absolute Gasteiger partial charge is 0.497 e. The number of piperidine rings is 1. The average molecular weight is 373 g/mol. The summed E-state index contributed by atoms with van der Waals surface area (Å²) >= 11 is 0. The number of methoxy groups -OCH3 is 2. The van der Waals surface area contributed by atoms with Gasteiger partial charge in [0.2, 0.25) is 0 Å². The Hall–Kier alpha value is -2.87. The van der Waals surface area contributed by atoms with Crippen LogP contribution in [0, 0.1) is 5.41 Å². The van der Waals surface area contributed by atoms with E-state index in [1.54, 1.807) is 18.1 Å². The van der Waals surface area contributed by atoms with Gasteiger partial charge in [0.1, 0.15) is 16.9 Å². The maximum atomic E-state index is 12.9. The van der Waals surface area contributed by atoms with E-state index in [-0.39, 0.29) is 19.1 Å². The molecule has 144 valence electrons. The van der Waals surface area contributed by atoms with Crippen LogP contribution >= 0.6 is 0 Å². The summed E-state index contributed by atoms with van der Waals surface area (Å²) in [5.74, 6) is -0.462. The van der Waals surface area contributed by atoms with Crippen molar-refractivity contribution in [2.45, 2.75) is 12.8 Å². The smallest absolute Gasteiger partial charge is 0.313 e. The minimum absolute atomic E-state index is 0.0756. The van der Waals surface area contributed by atoms with Crippen molar-refractivity contribution in [2.24, 2.45) is 5.41 Å². The Balaban J connectivity index is 1.77. The molecule has 0 saturated carbocycles. The first kappa shape index (κ1) is 18.9. The minimum Gasteiger partial charge on any atom is -0.497 e. The molecule has 0 radical (unpaired) electrons. The first-order valence-electron chi connectivity index (χ1n) is 8.70. The van der Waals surface area contributed by atoms with Gasteiger partial charge in [-0.1, -0.05) is 0 Å². The second-order valence-electron chi connectivity index (χ2n) is 6.74. The van der Waals surface area contributed by atoms with E-state index in [1.807, 2.05) is 24.3 Å². The summed E-state index contributed by atoms with van der Waals surface area (Å²) in [7, 11) is 3.07. The van der Waals surface area contributed by atoms with Gasteiger partial charge in [-0.2, -0.15) is 5.10 Å². The highest BCUT2D eigenvalue weighted by Gasteiger charge is 2.44. The molecule has 0 bridgehead atoms. The number of hydrogen-bond donors (Lipinski definition) is 2. The van der Waals surface area contributed by atoms with E-state index in [4.69, 9.17) is 9.47 Å². The fraction of sp³-hybridized carbons (Fsp3) is 0.421. The highest BCUT2D eigenvalue weighted by Crippen LogP contribution is 2.32. The fourth-order valence-electron chi connectivity index (χ4n) is 3.45. The van der Waals surface area contributed by atoms with E-state index in [9.17, 15) is 14.7 Å². The number of aliphatic carboxylic acids is 1. The maximum Gasteiger partial charge on any atom is 0.313 e. The van der Waals surface area contributed by atoms with Gasteiger partial charge in [0, 0.05) is 25.8 Å². The number of hydrogen-bond acceptors (Lipinski definition) is 5. The van der Waals surface area contributed by atoms with Gasteiger partial charge in [0.25, 0.3) is 5.91 Å². The lowest BCUT2D eigenvalue weighted by atomic mass is 9.80. The highest BCUT2D eigenvalue weighted by molar-refractivity contribution is 5.94. The Morgan fingerprint density at radius 1 is 1.30 bits per heavy atom. The number of likely N-dealkylation sites (tertiary alicyclic amines) is 1. The van der Waals surface area contributed by atoms with Gasteiger partial charge in [-0.25, -0.2) is 0 Å². The van der Waals surface area contributed by atoms with Crippen LogP contribution in [0.5, 0.6) is 5.75 Å². The quantitative estimate of drug-likeness (QED) is 0.803. The van der Waals surface area contributed by atoms with Crippen LogP contribution in [-0.2, 0) is 9.53 Å². The van der Waals surface area contributed by atoms with Crippen molar-refractivity contribution in [2.75, 3.05) is 33.9 Å². The molecule has 3 rings (SSSR count). The monoisotopic (exact) mass is 373 g/mol. The zero-order valence-corrected chi connectivity index (χ0v) is 15.4. The molecule has 8 heteroatoms. The normalized spacial score (nSPS) is 19.7. The number of carbonyl (C=O) groups is 2. The van der Waals surface area contributed by atoms with Crippen molar-refractivity contribution in [3.05, 3.63) is 36.0 Å². The number of H-pyrrole nitrogens is 1. The van der Waals surface area contributed by atoms with Crippen molar-refractivity contribution >= 4 is 11.9 Å². The fourth-order valence-corrected chi connectivity index (χ4v) is 3.45. The topological polar surface area (TPSA) is 105 Å². The van der Waals surface area contributed by atoms with Crippen LogP contribution in [0.15, 0.2) is 30.3 Å². The summed E-state index contributed by atoms with van der Waals surface area (Å²) in [5, 5.41) is 16.6. The molecule has 2 N–H and O–H groups in total. The second kappa shape index (κ2) is 7.79. The summed E-state index contributed by atoms with van der Waals surface area (Å²) in [4.78, 5) is 26.2. The number of amides is 1. The molecule has 1 aliphatic heterocycles. The molecule has 1 atom stereocenters. The Morgan fingerprint density at radius 3 is 2.67 bits per heavy atom. The van der Waals surface area contributed by atoms with Crippen molar-refractivity contribution in [1.82, 2.24) is 15.1 Å². The molecule has 1 aromatic heterocycles. The van der Waals surface area contributed by atoms with Gasteiger partial charge < -0.3 is 19.5 Å². The molecule has 2 aromatic rings. The lowest BCUT2D eigenvalue weighted by Crippen LogP contribution is -2.52. The van der Waals surface area contributed by atoms with E-state index in [2.05, 4.69) is 10.2 Å². The molecule has 1 unspecified atom stereocenters. The Labute approximate surface area is 157 Å². The van der Waals surface area contributed by atoms with E-state index < -0.39 is 11.4 Å². The van der Waals surface area contributed by atoms with Crippen LogP contribution in [0.4, 0.5) is 0 Å². The predicted octanol–water partition coefficient (Wildman–Crippen LogP) is 2.04. The summed E-state index contributed by atoms with van der Waals surface area (Å²) in [6, 6.07) is 9.04. The van der Waals surface area contributed by atoms with Crippen molar-refractivity contribution in [3.63, 3.8) is 0 Å². The Morgan fingerprint density at radius 2 is 2.04 bits per heavy atom. The minimum atomic E-state index is -1.07. The number of carboxylic acids is 1. The van der Waals surface area contributed by atoms with Gasteiger partial charge in [-0.3, -0.25) is 14.7 Å². The van der Waals surface area contributed by atoms with Crippen LogP contribution in [0.3, 0.4) is 0 Å². The van der Waals surface area contributed by atoms with Gasteiger partial charge in [0.05, 0.1) is 19.4 Å². The number of nitrogens with zero attached hydrogens (tertiary/aromatic N) is 2. The molecule has 2 heterocycles. The van der Waals surface area contributed by atoms with Crippen molar-refractivity contribution in [3.8, 4) is 17.0 Å². The third kappa shape index (κ3) is 3.80. The van der Waals surface area contributed by atoms with Crippen LogP contribution in [0.1, 0.15) is 23.3 Å². The molecule has 0 spiro atoms. The maximum absolute atomic E-state index is 12.9. The third-order valence-electron chi connectivity index (χ3n) is 4.93. The molecule has 8 nitrogen and oxygen atoms in total. The molecule has 27 heavy (non-hydrogen) atoms. The zero-order valence-electron chi connectivity index (χ0n) is 15.4. The number of aromatic nitrogens is 2. The van der Waals surface area contributed by atoms with Crippen molar-refractivity contribution < 1.29 is 24.2 Å². The van der Waals surface area contributed by atoms with Crippen LogP contribution < -0.4 is 4.74 Å². The summed E-state index contributed by atoms with van der Waals surface area (Å²) < 4.78 is 10.3. The predicted molar refractivity (Wildman–Crippen MR) is 97.7 cm³/mol. The van der Waals surface area contributed by atoms with E-state index in [0.717, 1.165) is 11.3 Å². The number of nitrogens with one attached hydrogen (secondary N) is 1. The lowest BCUT2D eigenvalue weighted by Gasteiger charge is -2.39. The average Bonchev–Trinajstić information content (AvgIpc) is 3.18. The Bertz CT molecular complexity index is 813. The molecule has 1 amide bonds. The van der Waals surface area contributed by atoms with Gasteiger partial charge in [-0.15, -0.1) is 0 Å². The van der Waals surface area contributed by atoms with Gasteiger partial charge >= 0.3 is 5.97 Å². The highest BCUT2D eigenvalue weighted by atomic mass is 16.5. The van der Waals surface area contributed by atoms with E-state index in [1.165, 1.54) is 7.11 Å². The molecule has 1 aliphatic rings. The van der Waals surface area contributed by atoms with Gasteiger partial charge in [0.15, 0.2) is 0 Å². The van der Waals surface area contributed by atoms with Crippen LogP contribution in [0.2, 0.25) is 0 Å². The SMILES string of the molecule is COCC1(C(=O)O)CCCN(C(=O)c2cc(-c3ccc(OC)cc3)n[nH]2)C1. The van der Waals surface area contributed by atoms with Crippen LogP contribution in [0.25, 0.3) is 11.3 Å². The summed E-state index contributed by atoms with van der Waals surface area (Å²) in [5.41, 5.74) is 0.754. The zero-order chi connectivity index (χ0) is 19.4. The molecule has 1 aromatic carbocycles. The molecule has 1 saturated heterocycles. The molecular formula is C19H23N3O5. The number of rotatable bonds is 6. The van der Waals surface area contributed by atoms with Crippen molar-refractivity contribution in [1.29, 1.82) is 0 Å². The number of carboxylic acid groups (broad SMARTS) is 1.